The maximum Gasteiger partial charge on any atom is 0.248 e. The molecule has 1 heterocycles. The Kier molecular flexibility index (Phi) is 52.4. The quantitative estimate of drug-likeness (QED) is 0.0450. The van der Waals surface area contributed by atoms with Gasteiger partial charge in [-0.15, -0.1) is 0 Å². The normalized spacial score (nSPS) is 16.6. The van der Waals surface area contributed by atoms with Gasteiger partial charge in [-0.1, -0.05) is 270 Å². The molecule has 0 aromatic heterocycles. The van der Waals surface area contributed by atoms with Crippen LogP contribution in [-0.4, -0.2) is 93.7 Å². The van der Waals surface area contributed by atoms with Crippen molar-refractivity contribution in [3.05, 3.63) is 0 Å². The summed E-state index contributed by atoms with van der Waals surface area (Å²) in [6.07, 6.45) is 67.6. The minimum Gasteiger partial charge on any atom is -0.382 e. The fourth-order valence-corrected chi connectivity index (χ4v) is 12.0. The summed E-state index contributed by atoms with van der Waals surface area (Å²) >= 11 is 0. The Hall–Kier alpha value is -0.0900. The molecule has 0 aliphatic carbocycles. The average Bonchev–Trinajstić information content (AvgIpc) is 3.81. The standard InChI is InChI=1S/C61H122O10P2/c1-5-6-7-8-9-10-11-12-13-14-15-16-17-18-19-20-21-22-23-24-25-26-27-28-29-30-31-32-33-34-35-36-37-38-39-40-41-44-47-52-68-72(3,63)70-58-61-60(51-55-67-61)71-73(4,64)69-53-48-45-42-43-46-49-59(62)50-54-66-57-56-65-2/h60-61,63-64H,3-58H2,1-2H3. The third kappa shape index (κ3) is 51.1. The zero-order valence-corrected chi connectivity index (χ0v) is 50.1. The molecule has 436 valence electrons. The van der Waals surface area contributed by atoms with E-state index in [-0.39, 0.29) is 12.4 Å². The molecule has 12 heteroatoms. The maximum absolute atomic E-state index is 12.0. The van der Waals surface area contributed by atoms with Crippen LogP contribution >= 0.6 is 15.1 Å². The molecule has 1 fully saturated rings. The van der Waals surface area contributed by atoms with Gasteiger partial charge in [-0.3, -0.25) is 4.79 Å². The number of carbonyl (C=O) groups is 1. The van der Waals surface area contributed by atoms with E-state index in [2.05, 4.69) is 19.5 Å². The highest BCUT2D eigenvalue weighted by Crippen LogP contribution is 2.48. The summed E-state index contributed by atoms with van der Waals surface area (Å²) < 4.78 is 39.0. The number of ketones is 1. The van der Waals surface area contributed by atoms with Gasteiger partial charge in [-0.05, 0) is 31.9 Å². The van der Waals surface area contributed by atoms with Crippen LogP contribution in [0.15, 0.2) is 0 Å². The summed E-state index contributed by atoms with van der Waals surface area (Å²) in [5.41, 5.74) is 0. The maximum atomic E-state index is 12.0. The predicted octanol–water partition coefficient (Wildman–Crippen LogP) is 18.8. The zero-order chi connectivity index (χ0) is 52.9. The van der Waals surface area contributed by atoms with Gasteiger partial charge in [0.05, 0.1) is 45.7 Å². The van der Waals surface area contributed by atoms with Crippen LogP contribution in [-0.2, 0) is 37.1 Å². The highest BCUT2D eigenvalue weighted by molar-refractivity contribution is 7.58. The first-order chi connectivity index (χ1) is 35.7. The second kappa shape index (κ2) is 53.9. The van der Waals surface area contributed by atoms with E-state index in [0.29, 0.717) is 58.9 Å². The van der Waals surface area contributed by atoms with Crippen molar-refractivity contribution in [1.29, 1.82) is 0 Å². The van der Waals surface area contributed by atoms with Crippen LogP contribution in [0.1, 0.15) is 309 Å². The van der Waals surface area contributed by atoms with Gasteiger partial charge in [0.15, 0.2) is 0 Å². The smallest absolute Gasteiger partial charge is 0.248 e. The molecule has 4 unspecified atom stereocenters. The molecule has 1 aliphatic rings. The molecule has 0 radical (unpaired) electrons. The molecule has 10 nitrogen and oxygen atoms in total. The second-order valence-corrected chi connectivity index (χ2v) is 25.5. The third-order valence-corrected chi connectivity index (χ3v) is 17.1. The van der Waals surface area contributed by atoms with E-state index < -0.39 is 27.3 Å². The molecule has 0 aromatic carbocycles. The van der Waals surface area contributed by atoms with E-state index in [4.69, 9.17) is 32.3 Å². The van der Waals surface area contributed by atoms with Gasteiger partial charge < -0.3 is 42.1 Å². The fourth-order valence-electron chi connectivity index (χ4n) is 10.0. The summed E-state index contributed by atoms with van der Waals surface area (Å²) in [4.78, 5) is 33.4. The highest BCUT2D eigenvalue weighted by Gasteiger charge is 2.34. The lowest BCUT2D eigenvalue weighted by molar-refractivity contribution is -0.120. The molecule has 73 heavy (non-hydrogen) atoms. The molecular formula is C61H122O10P2. The van der Waals surface area contributed by atoms with Crippen molar-refractivity contribution in [2.75, 3.05) is 53.4 Å². The summed E-state index contributed by atoms with van der Waals surface area (Å²) in [5, 5.41) is 0. The summed E-state index contributed by atoms with van der Waals surface area (Å²) in [6, 6.07) is 0. The SMILES string of the molecule is C=P(O)(OCCCCCCCCCCCCCCCCCCCCCCCCCCCCCCCCCCCCCCCCC)OCC1OCCC1OP(=C)(O)OCCCCCCCC(=O)CCOCCOC. The molecule has 0 bridgehead atoms. The van der Waals surface area contributed by atoms with Gasteiger partial charge in [0.2, 0.25) is 15.1 Å². The van der Waals surface area contributed by atoms with Crippen LogP contribution in [0.25, 0.3) is 0 Å². The summed E-state index contributed by atoms with van der Waals surface area (Å²) in [6.45, 7) is 5.09. The van der Waals surface area contributed by atoms with E-state index >= 15 is 0 Å². The van der Waals surface area contributed by atoms with Crippen LogP contribution in [0.4, 0.5) is 0 Å². The zero-order valence-electron chi connectivity index (χ0n) is 48.3. The van der Waals surface area contributed by atoms with Crippen LogP contribution in [0, 0.1) is 0 Å². The number of Topliss-reactive ketones (excluding diaryl/α,β-unsaturated/α-hetero) is 1. The van der Waals surface area contributed by atoms with Crippen molar-refractivity contribution in [1.82, 2.24) is 0 Å². The Morgan fingerprint density at radius 1 is 0.438 bits per heavy atom. The van der Waals surface area contributed by atoms with E-state index in [0.717, 1.165) is 44.9 Å². The van der Waals surface area contributed by atoms with E-state index in [1.54, 1.807) is 7.11 Å². The first kappa shape index (κ1) is 70.9. The first-order valence-corrected chi connectivity index (χ1v) is 35.0. The molecule has 2 N–H and O–H groups in total. The average molecular weight is 1080 g/mol. The molecule has 1 rings (SSSR count). The predicted molar refractivity (Wildman–Crippen MR) is 315 cm³/mol. The van der Waals surface area contributed by atoms with Gasteiger partial charge in [-0.25, -0.2) is 0 Å². The molecule has 1 saturated heterocycles. The van der Waals surface area contributed by atoms with E-state index in [1.807, 2.05) is 0 Å². The van der Waals surface area contributed by atoms with Gasteiger partial charge in [0, 0.05) is 33.0 Å². The number of unbranched alkanes of at least 4 members (excludes halogenated alkanes) is 42. The van der Waals surface area contributed by atoms with E-state index in [9.17, 15) is 14.6 Å². The Morgan fingerprint density at radius 2 is 0.781 bits per heavy atom. The Bertz CT molecular complexity index is 1260. The lowest BCUT2D eigenvalue weighted by atomic mass is 10.0. The van der Waals surface area contributed by atoms with Gasteiger partial charge in [0.1, 0.15) is 11.9 Å². The highest BCUT2D eigenvalue weighted by atomic mass is 31.2. The minimum absolute atomic E-state index is 0.0571. The third-order valence-electron chi connectivity index (χ3n) is 14.8. The molecule has 4 atom stereocenters. The number of hydrogen-bond donors (Lipinski definition) is 2. The molecule has 0 aromatic rings. The lowest BCUT2D eigenvalue weighted by Crippen LogP contribution is -2.28. The van der Waals surface area contributed by atoms with Crippen molar-refractivity contribution in [2.45, 2.75) is 321 Å². The summed E-state index contributed by atoms with van der Waals surface area (Å²) in [5.74, 6) is 0.233. The minimum atomic E-state index is -3.30. The fraction of sp³-hybridized carbons (Fsp3) is 0.951. The Labute approximate surface area is 452 Å². The van der Waals surface area contributed by atoms with Gasteiger partial charge in [-0.2, -0.15) is 0 Å². The van der Waals surface area contributed by atoms with Crippen molar-refractivity contribution in [2.24, 2.45) is 0 Å². The first-order valence-electron chi connectivity index (χ1n) is 31.4. The van der Waals surface area contributed by atoms with Crippen molar-refractivity contribution in [3.63, 3.8) is 0 Å². The van der Waals surface area contributed by atoms with Crippen molar-refractivity contribution in [3.8, 4) is 0 Å². The number of methoxy groups -OCH3 is 1. The van der Waals surface area contributed by atoms with Gasteiger partial charge >= 0.3 is 0 Å². The van der Waals surface area contributed by atoms with Crippen molar-refractivity contribution >= 4 is 33.5 Å². The van der Waals surface area contributed by atoms with Crippen LogP contribution in [0.2, 0.25) is 0 Å². The number of hydrogen-bond acceptors (Lipinski definition) is 10. The van der Waals surface area contributed by atoms with Crippen LogP contribution < -0.4 is 0 Å². The van der Waals surface area contributed by atoms with Crippen LogP contribution in [0.3, 0.4) is 0 Å². The number of ether oxygens (including phenoxy) is 3. The van der Waals surface area contributed by atoms with E-state index in [1.165, 1.54) is 238 Å². The Balaban J connectivity index is 1.81. The Morgan fingerprint density at radius 3 is 1.15 bits per heavy atom. The second-order valence-electron chi connectivity index (χ2n) is 21.9. The lowest BCUT2D eigenvalue weighted by Gasteiger charge is -2.26. The topological polar surface area (TPSA) is 122 Å². The number of carbonyl (C=O) groups excluding carboxylic acids is 1. The molecule has 0 saturated carbocycles. The molecule has 0 spiro atoms. The largest absolute Gasteiger partial charge is 0.382 e. The summed E-state index contributed by atoms with van der Waals surface area (Å²) in [7, 11) is -4.91. The van der Waals surface area contributed by atoms with Gasteiger partial charge in [0.25, 0.3) is 0 Å². The molecular weight excluding hydrogens is 955 g/mol. The molecule has 1 aliphatic heterocycles. The monoisotopic (exact) mass is 1080 g/mol. The number of rotatable bonds is 61. The van der Waals surface area contributed by atoms with Crippen molar-refractivity contribution < 1.29 is 46.9 Å². The van der Waals surface area contributed by atoms with Crippen LogP contribution in [0.5, 0.6) is 0 Å². The molecule has 0 amide bonds.